The first kappa shape index (κ1) is 109. The van der Waals surface area contributed by atoms with Crippen LogP contribution in [0.5, 0.6) is 6.01 Å². The van der Waals surface area contributed by atoms with Gasteiger partial charge in [0.15, 0.2) is 11.6 Å². The largest absolute Gasteiger partial charge is 0.481 e. The number of carboxylic acid groups (broad SMARTS) is 5. The van der Waals surface area contributed by atoms with Gasteiger partial charge in [0, 0.05) is 99.6 Å². The molecule has 0 spiro atoms. The van der Waals surface area contributed by atoms with Crippen LogP contribution in [0, 0.1) is 52.3 Å². The van der Waals surface area contributed by atoms with Crippen molar-refractivity contribution in [3.8, 4) is 18.1 Å². The Morgan fingerprint density at radius 2 is 0.689 bits per heavy atom. The quantitative estimate of drug-likeness (QED) is 0.0170. The number of halogens is 2. The number of anilines is 15. The van der Waals surface area contributed by atoms with Crippen molar-refractivity contribution in [3.05, 3.63) is 220 Å². The van der Waals surface area contributed by atoms with Crippen molar-refractivity contribution in [2.24, 2.45) is 29.6 Å². The van der Waals surface area contributed by atoms with Crippen molar-refractivity contribution < 1.29 is 54.2 Å². The summed E-state index contributed by atoms with van der Waals surface area (Å²) >= 11 is 12.0. The molecule has 30 nitrogen and oxygen atoms in total. The number of rotatable bonds is 42. The number of carbonyl (C=O) groups is 5. The lowest BCUT2D eigenvalue weighted by Gasteiger charge is -2.39. The maximum absolute atomic E-state index is 12.1. The van der Waals surface area contributed by atoms with Gasteiger partial charge < -0.3 is 81.4 Å². The summed E-state index contributed by atoms with van der Waals surface area (Å²) in [6.07, 6.45) is 33.3. The monoisotopic (exact) mass is 2050 g/mol. The molecule has 0 unspecified atom stereocenters. The highest BCUT2D eigenvalue weighted by Gasteiger charge is 2.51. The molecule has 0 atom stereocenters. The first-order valence-electron chi connectivity index (χ1n) is 52.7. The molecule has 0 bridgehead atoms. The van der Waals surface area contributed by atoms with E-state index >= 15 is 0 Å². The first-order chi connectivity index (χ1) is 70.8. The summed E-state index contributed by atoms with van der Waals surface area (Å²) in [5.74, 6) is 3.33. The molecule has 9 fully saturated rings. The summed E-state index contributed by atoms with van der Waals surface area (Å²) in [5, 5.41) is 85.5. The van der Waals surface area contributed by atoms with Gasteiger partial charge in [-0.1, -0.05) is 67.1 Å². The third-order valence-corrected chi connectivity index (χ3v) is 31.1. The SMILES string of the molecule is CC(C)N(CC1CC1)c1ccc(C2(C(=O)O)CCC2)cc1Nc1ccc(C#N)cc1.CC(C)N(CC1CC1)c1ccc(C2(C(=O)O)CCC2)cc1Nc1ccc(Cl)cn1.CC(C)N(CC1CC1)c1ncc(C2(C(=O)O)CCC2)cc1Nc1ccc(C#N)cn1.CC(C)N(CC1CC1)c1ncc(C2(C(=O)O)CCC2)cc1Nc1ccc(Cl)cn1.CCOc1ncc(Nc2cc(C(C)(C)C(=O)O)ccc2N(CC2CC2)C(C)C)cn1. The van der Waals surface area contributed by atoms with Gasteiger partial charge in [-0.05, 0) is 372 Å². The highest BCUT2D eigenvalue weighted by molar-refractivity contribution is 6.30. The molecule has 6 aromatic heterocycles. The van der Waals surface area contributed by atoms with Crippen molar-refractivity contribution >= 4 is 139 Å². The van der Waals surface area contributed by atoms with Crippen molar-refractivity contribution in [2.45, 2.75) is 289 Å². The number of nitrogens with one attached hydrogen (secondary N) is 5. The van der Waals surface area contributed by atoms with Crippen LogP contribution in [0.2, 0.25) is 10.0 Å². The van der Waals surface area contributed by atoms with Gasteiger partial charge in [0.05, 0.1) is 125 Å². The average Bonchev–Trinajstić information content (AvgIpc) is 1.11. The van der Waals surface area contributed by atoms with Crippen LogP contribution in [0.15, 0.2) is 171 Å². The molecule has 10 N–H and O–H groups in total. The van der Waals surface area contributed by atoms with Gasteiger partial charge in [-0.3, -0.25) is 24.0 Å². The number of ether oxygens (including phenoxy) is 1. The van der Waals surface area contributed by atoms with E-state index in [0.717, 1.165) is 172 Å². The molecule has 10 aromatic rings. The Hall–Kier alpha value is -13.6. The van der Waals surface area contributed by atoms with Crippen LogP contribution in [0.3, 0.4) is 0 Å². The molecule has 9 aliphatic carbocycles. The Balaban J connectivity index is 0.000000139. The molecular formula is C116H143Cl2N19O11. The van der Waals surface area contributed by atoms with Gasteiger partial charge in [-0.2, -0.15) is 10.5 Å². The second kappa shape index (κ2) is 47.3. The number of nitriles is 2. The molecule has 148 heavy (non-hydrogen) atoms. The first-order valence-corrected chi connectivity index (χ1v) is 53.5. The number of benzene rings is 4. The smallest absolute Gasteiger partial charge is 0.316 e. The molecule has 0 radical (unpaired) electrons. The molecule has 19 rings (SSSR count). The maximum atomic E-state index is 12.1. The minimum Gasteiger partial charge on any atom is -0.481 e. The highest BCUT2D eigenvalue weighted by Crippen LogP contribution is 2.53. The zero-order valence-corrected chi connectivity index (χ0v) is 89.0. The van der Waals surface area contributed by atoms with Crippen LogP contribution >= 0.6 is 23.2 Å². The van der Waals surface area contributed by atoms with Gasteiger partial charge in [0.2, 0.25) is 0 Å². The Morgan fingerprint density at radius 1 is 0.372 bits per heavy atom. The predicted molar refractivity (Wildman–Crippen MR) is 585 cm³/mol. The molecule has 9 saturated carbocycles. The highest BCUT2D eigenvalue weighted by atomic mass is 35.5. The average molecular weight is 2050 g/mol. The van der Waals surface area contributed by atoms with Crippen LogP contribution in [-0.4, -0.2) is 160 Å². The second-order valence-electron chi connectivity index (χ2n) is 43.5. The summed E-state index contributed by atoms with van der Waals surface area (Å²) in [6.45, 7) is 32.5. The van der Waals surface area contributed by atoms with E-state index in [4.69, 9.17) is 48.4 Å². The van der Waals surface area contributed by atoms with Gasteiger partial charge in [0.25, 0.3) is 0 Å². The lowest BCUT2D eigenvalue weighted by Crippen LogP contribution is -2.42. The summed E-state index contributed by atoms with van der Waals surface area (Å²) in [4.78, 5) is 103. The number of hydrogen-bond acceptors (Lipinski definition) is 25. The van der Waals surface area contributed by atoms with Gasteiger partial charge in [-0.25, -0.2) is 34.9 Å². The van der Waals surface area contributed by atoms with Crippen LogP contribution in [0.1, 0.15) is 270 Å². The number of pyridine rings is 5. The number of aliphatic carboxylic acids is 5. The molecule has 6 heterocycles. The van der Waals surface area contributed by atoms with E-state index in [-0.39, 0.29) is 12.1 Å². The fourth-order valence-corrected chi connectivity index (χ4v) is 19.8. The van der Waals surface area contributed by atoms with Crippen LogP contribution in [0.25, 0.3) is 0 Å². The molecule has 32 heteroatoms. The molecule has 0 aliphatic heterocycles. The second-order valence-corrected chi connectivity index (χ2v) is 44.4. The predicted octanol–water partition coefficient (Wildman–Crippen LogP) is 24.9. The fraction of sp³-hybridized carbons (Fsp3) is 0.483. The van der Waals surface area contributed by atoms with E-state index in [0.29, 0.717) is 133 Å². The van der Waals surface area contributed by atoms with E-state index in [1.165, 1.54) is 70.4 Å². The Kier molecular flexibility index (Phi) is 34.7. The Bertz CT molecular complexity index is 6070. The fourth-order valence-electron chi connectivity index (χ4n) is 19.6. The Labute approximate surface area is 879 Å². The lowest BCUT2D eigenvalue weighted by atomic mass is 9.64. The summed E-state index contributed by atoms with van der Waals surface area (Å²) in [5.41, 5.74) is 9.96. The van der Waals surface area contributed by atoms with E-state index in [2.05, 4.69) is 170 Å². The topological polar surface area (TPSA) is 410 Å². The standard InChI is InChI=1S/C25H29N3O2.C23H28ClN3O2.C23H27N5O2.C23H32N4O3.C22H27ClN4O2/c1-17(2)28(16-19-4-5-19)23-11-8-20(25(24(29)30)12-3-13-25)14-22(23)27-21-9-6-18(15-26)7-10-21;1-15(2)27(14-16-4-5-16)20-8-6-17(23(22(28)29)10-3-11-23)12-19(20)26-21-9-7-18(24)13-25-21;1-15(2)28(14-16-4-5-16)21-19(27-20-7-6-17(11-24)12-25-20)10-18(13-26-21)23(22(29)30)8-3-9-23;1-6-30-22-24-12-18(13-25-22)26-19-11-17(23(4,5)21(28)29)9-10-20(19)27(15(2)3)14-16-7-8-16;1-14(2)27(13-15-4-5-15)20-18(26-19-7-6-17(23)12-24-19)10-16(11-25-20)22(21(28)29)8-3-9-22/h6-11,14,17,19,27H,3-5,12-13,16H2,1-2H3,(H,29,30);6-9,12-13,15-16H,3-5,10-11,14H2,1-2H3,(H,25,26)(H,28,29);6-7,10,12-13,15-16H,3-5,8-9,14H2,1-2H3,(H,25,27)(H,29,30);9-13,15-16,26H,6-8,14H2,1-5H3,(H,28,29);6-7,10-12,14-15H,3-5,8-9,13H2,1-2H3,(H,24,26)(H,28,29). The summed E-state index contributed by atoms with van der Waals surface area (Å²) in [6, 6.07) is 46.2. The third-order valence-electron chi connectivity index (χ3n) is 30.6. The zero-order valence-electron chi connectivity index (χ0n) is 87.4. The van der Waals surface area contributed by atoms with E-state index < -0.39 is 56.9 Å². The Morgan fingerprint density at radius 3 is 1.00 bits per heavy atom. The minimum absolute atomic E-state index is 0.260. The van der Waals surface area contributed by atoms with Gasteiger partial charge >= 0.3 is 35.9 Å². The van der Waals surface area contributed by atoms with Gasteiger partial charge in [-0.15, -0.1) is 0 Å². The molecule has 4 aromatic carbocycles. The van der Waals surface area contributed by atoms with E-state index in [1.54, 1.807) is 87.4 Å². The zero-order chi connectivity index (χ0) is 106. The normalized spacial score (nSPS) is 16.7. The van der Waals surface area contributed by atoms with Crippen molar-refractivity contribution in [2.75, 3.05) is 90.4 Å². The maximum Gasteiger partial charge on any atom is 0.316 e. The molecule has 0 amide bonds. The summed E-state index contributed by atoms with van der Waals surface area (Å²) < 4.78 is 5.32. The molecule has 9 aliphatic rings. The number of hydrogen-bond donors (Lipinski definition) is 10. The van der Waals surface area contributed by atoms with Crippen LogP contribution in [-0.2, 0) is 51.0 Å². The van der Waals surface area contributed by atoms with Crippen molar-refractivity contribution in [1.29, 1.82) is 10.5 Å². The van der Waals surface area contributed by atoms with Crippen LogP contribution < -0.4 is 55.8 Å². The number of aromatic nitrogens is 7. The van der Waals surface area contributed by atoms with Crippen molar-refractivity contribution in [3.63, 3.8) is 0 Å². The van der Waals surface area contributed by atoms with Gasteiger partial charge in [0.1, 0.15) is 23.5 Å². The summed E-state index contributed by atoms with van der Waals surface area (Å²) in [7, 11) is 0. The van der Waals surface area contributed by atoms with Crippen LogP contribution in [0.4, 0.5) is 86.0 Å². The molecule has 0 saturated heterocycles. The van der Waals surface area contributed by atoms with Crippen molar-refractivity contribution in [1.82, 2.24) is 34.9 Å². The van der Waals surface area contributed by atoms with E-state index in [9.17, 15) is 49.5 Å². The lowest BCUT2D eigenvalue weighted by molar-refractivity contribution is -0.148. The number of nitrogens with zero attached hydrogens (tertiary/aromatic N) is 14. The third kappa shape index (κ3) is 26.2. The number of carboxylic acids is 5. The molecule has 782 valence electrons. The minimum atomic E-state index is -0.997. The van der Waals surface area contributed by atoms with E-state index in [1.807, 2.05) is 85.8 Å². The molecular weight excluding hydrogens is 1910 g/mol.